The van der Waals surface area contributed by atoms with E-state index in [0.29, 0.717) is 18.7 Å². The number of carbonyl (C=O) groups is 1. The van der Waals surface area contributed by atoms with Gasteiger partial charge < -0.3 is 14.5 Å². The number of aromatic nitrogens is 4. The molecular weight excluding hydrogens is 356 g/mol. The molecule has 2 saturated heterocycles. The zero-order valence-corrected chi connectivity index (χ0v) is 16.8. The summed E-state index contributed by atoms with van der Waals surface area (Å²) in [6.07, 6.45) is 9.98. The molecule has 2 aliphatic rings. The van der Waals surface area contributed by atoms with Gasteiger partial charge in [-0.15, -0.1) is 0 Å². The third kappa shape index (κ3) is 3.84. The highest BCUT2D eigenvalue weighted by Crippen LogP contribution is 2.32. The number of morpholine rings is 1. The van der Waals surface area contributed by atoms with E-state index in [0.717, 1.165) is 37.3 Å². The van der Waals surface area contributed by atoms with Crippen molar-refractivity contribution in [3.63, 3.8) is 0 Å². The number of amides is 1. The predicted molar refractivity (Wildman–Crippen MR) is 105 cm³/mol. The van der Waals surface area contributed by atoms with Crippen LogP contribution in [0.3, 0.4) is 0 Å². The van der Waals surface area contributed by atoms with Crippen molar-refractivity contribution in [2.75, 3.05) is 32.8 Å². The lowest BCUT2D eigenvalue weighted by Gasteiger charge is -2.43. The summed E-state index contributed by atoms with van der Waals surface area (Å²) < 4.78 is 8.01. The second-order valence-electron chi connectivity index (χ2n) is 7.78. The standard InChI is InChI=1S/C20H30N6O2/c1-3-17-16(12-21-23-17)20(27)26-9-10-28-18(14-25-7-5-4-6-8-25)19(26)15-11-22-24(2)13-15/h11-13,18-19H,3-10,14H2,1-2H3,(H,21,23)/t18-,19-/m0/s1. The van der Waals surface area contributed by atoms with Crippen molar-refractivity contribution in [1.29, 1.82) is 0 Å². The van der Waals surface area contributed by atoms with Crippen LogP contribution in [0.2, 0.25) is 0 Å². The highest BCUT2D eigenvalue weighted by molar-refractivity contribution is 5.95. The van der Waals surface area contributed by atoms with Gasteiger partial charge >= 0.3 is 0 Å². The summed E-state index contributed by atoms with van der Waals surface area (Å²) in [6.45, 7) is 6.21. The molecule has 0 unspecified atom stereocenters. The van der Waals surface area contributed by atoms with Crippen LogP contribution in [0.5, 0.6) is 0 Å². The first-order valence-corrected chi connectivity index (χ1v) is 10.3. The van der Waals surface area contributed by atoms with Crippen molar-refractivity contribution in [2.45, 2.75) is 44.8 Å². The third-order valence-electron chi connectivity index (χ3n) is 5.87. The lowest BCUT2D eigenvalue weighted by molar-refractivity contribution is -0.0741. The van der Waals surface area contributed by atoms with Gasteiger partial charge in [0.15, 0.2) is 0 Å². The van der Waals surface area contributed by atoms with Gasteiger partial charge in [0.05, 0.1) is 36.7 Å². The normalized spacial score (nSPS) is 23.9. The SMILES string of the molecule is CCc1[nH]ncc1C(=O)N1CCO[C@@H](CN2CCCCC2)[C@@H]1c1cnn(C)c1. The van der Waals surface area contributed by atoms with Gasteiger partial charge in [-0.25, -0.2) is 0 Å². The predicted octanol–water partition coefficient (Wildman–Crippen LogP) is 1.77. The lowest BCUT2D eigenvalue weighted by atomic mass is 9.98. The summed E-state index contributed by atoms with van der Waals surface area (Å²) in [4.78, 5) is 17.9. The van der Waals surface area contributed by atoms with Gasteiger partial charge in [-0.1, -0.05) is 13.3 Å². The van der Waals surface area contributed by atoms with E-state index in [1.165, 1.54) is 19.3 Å². The molecule has 2 aromatic rings. The number of aromatic amines is 1. The van der Waals surface area contributed by atoms with Crippen LogP contribution >= 0.6 is 0 Å². The summed E-state index contributed by atoms with van der Waals surface area (Å²) in [6, 6.07) is -0.142. The van der Waals surface area contributed by atoms with Gasteiger partial charge in [0.2, 0.25) is 0 Å². The van der Waals surface area contributed by atoms with Crippen LogP contribution < -0.4 is 0 Å². The summed E-state index contributed by atoms with van der Waals surface area (Å²) in [5.74, 6) is 0.0198. The van der Waals surface area contributed by atoms with Crippen LogP contribution in [0.15, 0.2) is 18.6 Å². The van der Waals surface area contributed by atoms with Gasteiger partial charge in [0.1, 0.15) is 0 Å². The molecule has 1 amide bonds. The molecule has 28 heavy (non-hydrogen) atoms. The van der Waals surface area contributed by atoms with E-state index in [4.69, 9.17) is 4.74 Å². The maximum absolute atomic E-state index is 13.4. The van der Waals surface area contributed by atoms with E-state index in [1.807, 2.05) is 31.3 Å². The number of hydrogen-bond donors (Lipinski definition) is 1. The van der Waals surface area contributed by atoms with Gasteiger partial charge in [-0.3, -0.25) is 14.6 Å². The van der Waals surface area contributed by atoms with E-state index in [-0.39, 0.29) is 18.1 Å². The Bertz CT molecular complexity index is 794. The molecule has 2 aliphatic heterocycles. The van der Waals surface area contributed by atoms with Crippen molar-refractivity contribution in [3.05, 3.63) is 35.4 Å². The largest absolute Gasteiger partial charge is 0.373 e. The zero-order chi connectivity index (χ0) is 19.5. The number of likely N-dealkylation sites (tertiary alicyclic amines) is 1. The summed E-state index contributed by atoms with van der Waals surface area (Å²) in [7, 11) is 1.91. The molecular formula is C20H30N6O2. The Labute approximate surface area is 165 Å². The average Bonchev–Trinajstić information content (AvgIpc) is 3.37. The average molecular weight is 387 g/mol. The van der Waals surface area contributed by atoms with Crippen molar-refractivity contribution >= 4 is 5.91 Å². The number of nitrogens with one attached hydrogen (secondary N) is 1. The molecule has 0 aromatic carbocycles. The van der Waals surface area contributed by atoms with Crippen LogP contribution in [-0.2, 0) is 18.2 Å². The first-order chi connectivity index (χ1) is 13.7. The topological polar surface area (TPSA) is 79.3 Å². The molecule has 0 radical (unpaired) electrons. The van der Waals surface area contributed by atoms with Crippen LogP contribution in [0.4, 0.5) is 0 Å². The first kappa shape index (κ1) is 19.1. The minimum atomic E-state index is -0.142. The highest BCUT2D eigenvalue weighted by Gasteiger charge is 2.39. The second-order valence-corrected chi connectivity index (χ2v) is 7.78. The molecule has 2 aromatic heterocycles. The first-order valence-electron chi connectivity index (χ1n) is 10.3. The number of ether oxygens (including phenoxy) is 1. The van der Waals surface area contributed by atoms with E-state index in [2.05, 4.69) is 20.2 Å². The summed E-state index contributed by atoms with van der Waals surface area (Å²) in [5.41, 5.74) is 2.57. The Kier molecular flexibility index (Phi) is 5.77. The minimum absolute atomic E-state index is 0.0198. The van der Waals surface area contributed by atoms with Crippen molar-refractivity contribution in [2.24, 2.45) is 7.05 Å². The maximum atomic E-state index is 13.4. The van der Waals surface area contributed by atoms with Gasteiger partial charge in [0, 0.05) is 37.6 Å². The molecule has 0 spiro atoms. The Hall–Kier alpha value is -2.19. The fourth-order valence-corrected chi connectivity index (χ4v) is 4.42. The molecule has 0 aliphatic carbocycles. The highest BCUT2D eigenvalue weighted by atomic mass is 16.5. The Balaban J connectivity index is 1.62. The number of piperidine rings is 1. The van der Waals surface area contributed by atoms with Gasteiger partial charge in [-0.2, -0.15) is 10.2 Å². The van der Waals surface area contributed by atoms with Crippen LogP contribution in [0.1, 0.15) is 53.8 Å². The number of carbonyl (C=O) groups excluding carboxylic acids is 1. The molecule has 8 heteroatoms. The van der Waals surface area contributed by atoms with Crippen LogP contribution in [0, 0.1) is 0 Å². The number of H-pyrrole nitrogens is 1. The summed E-state index contributed by atoms with van der Waals surface area (Å²) in [5, 5.41) is 11.4. The van der Waals surface area contributed by atoms with Crippen molar-refractivity contribution < 1.29 is 9.53 Å². The Morgan fingerprint density at radius 1 is 1.25 bits per heavy atom. The minimum Gasteiger partial charge on any atom is -0.373 e. The molecule has 2 atom stereocenters. The van der Waals surface area contributed by atoms with Crippen LogP contribution in [-0.4, -0.2) is 74.6 Å². The molecule has 4 heterocycles. The molecule has 2 fully saturated rings. The van der Waals surface area contributed by atoms with Gasteiger partial charge in [-0.05, 0) is 32.4 Å². The van der Waals surface area contributed by atoms with E-state index < -0.39 is 0 Å². The molecule has 0 bridgehead atoms. The van der Waals surface area contributed by atoms with Crippen molar-refractivity contribution in [3.8, 4) is 0 Å². The zero-order valence-electron chi connectivity index (χ0n) is 16.8. The molecule has 152 valence electrons. The number of hydrogen-bond acceptors (Lipinski definition) is 5. The van der Waals surface area contributed by atoms with Crippen molar-refractivity contribution in [1.82, 2.24) is 29.8 Å². The van der Waals surface area contributed by atoms with E-state index >= 15 is 0 Å². The quantitative estimate of drug-likeness (QED) is 0.847. The Morgan fingerprint density at radius 3 is 2.79 bits per heavy atom. The number of rotatable bonds is 5. The smallest absolute Gasteiger partial charge is 0.258 e. The fraction of sp³-hybridized carbons (Fsp3) is 0.650. The molecule has 8 nitrogen and oxygen atoms in total. The van der Waals surface area contributed by atoms with E-state index in [9.17, 15) is 4.79 Å². The molecule has 0 saturated carbocycles. The lowest BCUT2D eigenvalue weighted by Crippen LogP contribution is -2.52. The second kappa shape index (κ2) is 8.45. The fourth-order valence-electron chi connectivity index (χ4n) is 4.42. The summed E-state index contributed by atoms with van der Waals surface area (Å²) >= 11 is 0. The number of aryl methyl sites for hydroxylation is 2. The van der Waals surface area contributed by atoms with E-state index in [1.54, 1.807) is 10.9 Å². The number of nitrogens with zero attached hydrogens (tertiary/aromatic N) is 5. The molecule has 4 rings (SSSR count). The van der Waals surface area contributed by atoms with Gasteiger partial charge in [0.25, 0.3) is 5.91 Å². The monoisotopic (exact) mass is 386 g/mol. The molecule has 1 N–H and O–H groups in total. The Morgan fingerprint density at radius 2 is 2.07 bits per heavy atom. The third-order valence-corrected chi connectivity index (χ3v) is 5.87. The van der Waals surface area contributed by atoms with Crippen LogP contribution in [0.25, 0.3) is 0 Å². The maximum Gasteiger partial charge on any atom is 0.258 e.